The van der Waals surface area contributed by atoms with Gasteiger partial charge in [0.1, 0.15) is 11.6 Å². The Balaban J connectivity index is 1.69. The molecule has 0 saturated heterocycles. The van der Waals surface area contributed by atoms with Gasteiger partial charge in [0.05, 0.1) is 0 Å². The van der Waals surface area contributed by atoms with Crippen molar-refractivity contribution in [3.05, 3.63) is 47.2 Å². The molecule has 1 aliphatic carbocycles. The number of nitrogens with one attached hydrogen (secondary N) is 2. The first kappa shape index (κ1) is 20.3. The highest BCUT2D eigenvalue weighted by molar-refractivity contribution is 5.65. The molecule has 0 aliphatic heterocycles. The van der Waals surface area contributed by atoms with Crippen LogP contribution < -0.4 is 10.2 Å². The van der Waals surface area contributed by atoms with Crippen molar-refractivity contribution in [1.82, 2.24) is 25.1 Å². The number of aromatic amines is 1. The first-order valence-corrected chi connectivity index (χ1v) is 10.6. The van der Waals surface area contributed by atoms with Gasteiger partial charge in [0.15, 0.2) is 11.6 Å². The summed E-state index contributed by atoms with van der Waals surface area (Å²) < 4.78 is 0. The van der Waals surface area contributed by atoms with Crippen LogP contribution in [0.3, 0.4) is 0 Å². The first-order valence-electron chi connectivity index (χ1n) is 10.6. The number of benzene rings is 1. The highest BCUT2D eigenvalue weighted by atomic mass is 15.2. The van der Waals surface area contributed by atoms with Gasteiger partial charge in [-0.25, -0.2) is 9.97 Å². The van der Waals surface area contributed by atoms with Crippen LogP contribution in [-0.4, -0.2) is 59.3 Å². The van der Waals surface area contributed by atoms with Crippen molar-refractivity contribution < 1.29 is 0 Å². The van der Waals surface area contributed by atoms with Gasteiger partial charge in [-0.15, -0.1) is 0 Å². The van der Waals surface area contributed by atoms with Gasteiger partial charge in [-0.05, 0) is 63.9 Å². The predicted molar refractivity (Wildman–Crippen MR) is 123 cm³/mol. The molecule has 2 aromatic heterocycles. The van der Waals surface area contributed by atoms with Crippen molar-refractivity contribution in [3.8, 4) is 11.4 Å². The van der Waals surface area contributed by atoms with Gasteiger partial charge in [0.25, 0.3) is 0 Å². The smallest absolute Gasteiger partial charge is 0.163 e. The molecule has 0 spiro atoms. The maximum Gasteiger partial charge on any atom is 0.163 e. The third-order valence-electron chi connectivity index (χ3n) is 5.56. The fraction of sp³-hybridized carbons (Fsp3) is 0.435. The molecule has 0 radical (unpaired) electrons. The molecule has 4 rings (SSSR count). The van der Waals surface area contributed by atoms with Crippen LogP contribution in [0.5, 0.6) is 0 Å². The van der Waals surface area contributed by atoms with E-state index >= 15 is 0 Å². The van der Waals surface area contributed by atoms with Crippen LogP contribution in [-0.2, 0) is 12.8 Å². The Morgan fingerprint density at radius 3 is 2.47 bits per heavy atom. The molecule has 30 heavy (non-hydrogen) atoms. The van der Waals surface area contributed by atoms with E-state index in [1.54, 1.807) is 0 Å². The van der Waals surface area contributed by atoms with E-state index in [1.165, 1.54) is 30.4 Å². The average molecular weight is 406 g/mol. The minimum Gasteiger partial charge on any atom is -0.358 e. The molecule has 2 heterocycles. The van der Waals surface area contributed by atoms with Gasteiger partial charge >= 0.3 is 0 Å². The number of aryl methyl sites for hydroxylation is 3. The molecule has 1 aromatic carbocycles. The molecule has 158 valence electrons. The lowest BCUT2D eigenvalue weighted by atomic mass is 9.90. The molecule has 0 bridgehead atoms. The molecule has 2 N–H and O–H groups in total. The van der Waals surface area contributed by atoms with E-state index in [0.29, 0.717) is 0 Å². The molecule has 1 aliphatic rings. The maximum atomic E-state index is 4.91. The molecule has 0 atom stereocenters. The summed E-state index contributed by atoms with van der Waals surface area (Å²) >= 11 is 0. The van der Waals surface area contributed by atoms with Gasteiger partial charge in [0, 0.05) is 43.5 Å². The zero-order valence-electron chi connectivity index (χ0n) is 18.4. The Morgan fingerprint density at radius 2 is 1.73 bits per heavy atom. The summed E-state index contributed by atoms with van der Waals surface area (Å²) in [5.74, 6) is 3.14. The summed E-state index contributed by atoms with van der Waals surface area (Å²) in [7, 11) is 6.24. The molecule has 7 nitrogen and oxygen atoms in total. The van der Waals surface area contributed by atoms with Crippen molar-refractivity contribution in [1.29, 1.82) is 0 Å². The summed E-state index contributed by atoms with van der Waals surface area (Å²) in [6, 6.07) is 10.6. The van der Waals surface area contributed by atoms with Gasteiger partial charge in [-0.3, -0.25) is 5.10 Å². The normalized spacial score (nSPS) is 13.4. The fourth-order valence-electron chi connectivity index (χ4n) is 3.77. The Hall–Kier alpha value is -2.93. The van der Waals surface area contributed by atoms with Crippen LogP contribution in [0, 0.1) is 6.92 Å². The van der Waals surface area contributed by atoms with E-state index < -0.39 is 0 Å². The van der Waals surface area contributed by atoms with Crippen LogP contribution >= 0.6 is 0 Å². The summed E-state index contributed by atoms with van der Waals surface area (Å²) in [5.41, 5.74) is 4.98. The minimum absolute atomic E-state index is 0.743. The second-order valence-electron chi connectivity index (χ2n) is 8.41. The Morgan fingerprint density at radius 1 is 0.933 bits per heavy atom. The Kier molecular flexibility index (Phi) is 5.99. The van der Waals surface area contributed by atoms with E-state index in [4.69, 9.17) is 9.97 Å². The first-order chi connectivity index (χ1) is 14.5. The zero-order valence-corrected chi connectivity index (χ0v) is 18.4. The number of hydrogen-bond donors (Lipinski definition) is 2. The van der Waals surface area contributed by atoms with Crippen molar-refractivity contribution in [3.63, 3.8) is 0 Å². The number of hydrogen-bond acceptors (Lipinski definition) is 6. The molecular weight excluding hydrogens is 374 g/mol. The highest BCUT2D eigenvalue weighted by Gasteiger charge is 2.15. The summed E-state index contributed by atoms with van der Waals surface area (Å²) in [5, 5.41) is 10.6. The van der Waals surface area contributed by atoms with Crippen LogP contribution in [0.15, 0.2) is 30.3 Å². The lowest BCUT2D eigenvalue weighted by Gasteiger charge is -2.22. The fourth-order valence-corrected chi connectivity index (χ4v) is 3.77. The topological polar surface area (TPSA) is 73.0 Å². The molecule has 0 unspecified atom stereocenters. The largest absolute Gasteiger partial charge is 0.358 e. The van der Waals surface area contributed by atoms with E-state index in [9.17, 15) is 0 Å². The maximum absolute atomic E-state index is 4.91. The number of likely N-dealkylation sites (N-methyl/N-ethyl adjacent to an activating group) is 2. The second kappa shape index (κ2) is 8.83. The van der Waals surface area contributed by atoms with E-state index in [2.05, 4.69) is 64.7 Å². The third-order valence-corrected chi connectivity index (χ3v) is 5.56. The van der Waals surface area contributed by atoms with Crippen LogP contribution in [0.4, 0.5) is 17.5 Å². The summed E-state index contributed by atoms with van der Waals surface area (Å²) in [6.07, 6.45) is 4.86. The number of anilines is 3. The Labute approximate surface area is 178 Å². The summed E-state index contributed by atoms with van der Waals surface area (Å²) in [4.78, 5) is 14.1. The van der Waals surface area contributed by atoms with Crippen LogP contribution in [0.25, 0.3) is 11.4 Å². The van der Waals surface area contributed by atoms with E-state index in [-0.39, 0.29) is 0 Å². The van der Waals surface area contributed by atoms with Crippen molar-refractivity contribution in [2.24, 2.45) is 0 Å². The lowest BCUT2D eigenvalue weighted by Crippen LogP contribution is -2.29. The van der Waals surface area contributed by atoms with Gasteiger partial charge in [0.2, 0.25) is 0 Å². The van der Waals surface area contributed by atoms with Gasteiger partial charge < -0.3 is 15.1 Å². The van der Waals surface area contributed by atoms with Crippen molar-refractivity contribution in [2.45, 2.75) is 32.6 Å². The third kappa shape index (κ3) is 4.79. The van der Waals surface area contributed by atoms with Crippen molar-refractivity contribution >= 4 is 17.5 Å². The SMILES string of the molecule is Cc1cc(Nc2cc(N(C)CCN(C)C)nc(-c3ccc4c(c3)CCCC4)n2)n[nH]1. The lowest BCUT2D eigenvalue weighted by molar-refractivity contribution is 0.416. The van der Waals surface area contributed by atoms with E-state index in [0.717, 1.165) is 54.0 Å². The number of aromatic nitrogens is 4. The number of rotatable bonds is 7. The zero-order chi connectivity index (χ0) is 21.1. The van der Waals surface area contributed by atoms with Crippen LogP contribution in [0.2, 0.25) is 0 Å². The summed E-state index contributed by atoms with van der Waals surface area (Å²) in [6.45, 7) is 3.82. The minimum atomic E-state index is 0.743. The second-order valence-corrected chi connectivity index (χ2v) is 8.41. The molecule has 7 heteroatoms. The number of fused-ring (bicyclic) bond motifs is 1. The van der Waals surface area contributed by atoms with Crippen LogP contribution in [0.1, 0.15) is 29.7 Å². The monoisotopic (exact) mass is 405 g/mol. The average Bonchev–Trinajstić information content (AvgIpc) is 3.15. The molecule has 0 amide bonds. The Bertz CT molecular complexity index is 1010. The highest BCUT2D eigenvalue weighted by Crippen LogP contribution is 2.28. The quantitative estimate of drug-likeness (QED) is 0.623. The molecule has 0 saturated carbocycles. The molecule has 3 aromatic rings. The van der Waals surface area contributed by atoms with Crippen molar-refractivity contribution in [2.75, 3.05) is 44.4 Å². The molecular formula is C23H31N7. The van der Waals surface area contributed by atoms with E-state index in [1.807, 2.05) is 19.1 Å². The van der Waals surface area contributed by atoms with Gasteiger partial charge in [-0.2, -0.15) is 5.10 Å². The molecule has 0 fully saturated rings. The standard InChI is InChI=1S/C23H31N7/c1-16-13-21(28-27-16)24-20-15-22(30(4)12-11-29(2)3)26-23(25-20)19-10-9-17-7-5-6-8-18(17)14-19/h9-10,13-15H,5-8,11-12H2,1-4H3,(H2,24,25,26,27,28). The predicted octanol–water partition coefficient (Wildman–Crippen LogP) is 3.80. The number of H-pyrrole nitrogens is 1. The number of nitrogens with zero attached hydrogens (tertiary/aromatic N) is 5. The van der Waals surface area contributed by atoms with Gasteiger partial charge in [-0.1, -0.05) is 12.1 Å².